The summed E-state index contributed by atoms with van der Waals surface area (Å²) >= 11 is 0. The van der Waals surface area contributed by atoms with Crippen molar-refractivity contribution in [3.05, 3.63) is 29.3 Å². The molecule has 0 aromatic heterocycles. The van der Waals surface area contributed by atoms with Crippen molar-refractivity contribution in [2.45, 2.75) is 27.7 Å². The van der Waals surface area contributed by atoms with Crippen molar-refractivity contribution in [3.63, 3.8) is 0 Å². The second-order valence-corrected chi connectivity index (χ2v) is 4.87. The van der Waals surface area contributed by atoms with Crippen LogP contribution in [0.1, 0.15) is 25.0 Å². The van der Waals surface area contributed by atoms with Gasteiger partial charge in [0.15, 0.2) is 0 Å². The van der Waals surface area contributed by atoms with E-state index >= 15 is 0 Å². The first-order valence-electron chi connectivity index (χ1n) is 5.56. The van der Waals surface area contributed by atoms with Gasteiger partial charge < -0.3 is 4.90 Å². The number of carbonyl (C=O) groups is 1. The van der Waals surface area contributed by atoms with Gasteiger partial charge in [0.2, 0.25) is 5.91 Å². The fourth-order valence-corrected chi connectivity index (χ4v) is 1.52. The molecule has 3 heteroatoms. The van der Waals surface area contributed by atoms with E-state index in [1.807, 2.05) is 38.1 Å². The maximum Gasteiger partial charge on any atom is 0.246 e. The van der Waals surface area contributed by atoms with Gasteiger partial charge in [0.1, 0.15) is 5.41 Å². The van der Waals surface area contributed by atoms with Crippen molar-refractivity contribution < 1.29 is 4.79 Å². The molecule has 1 amide bonds. The summed E-state index contributed by atoms with van der Waals surface area (Å²) in [4.78, 5) is 13.6. The van der Waals surface area contributed by atoms with E-state index in [0.717, 1.165) is 11.3 Å². The molecule has 0 spiro atoms. The lowest BCUT2D eigenvalue weighted by Crippen LogP contribution is -2.37. The lowest BCUT2D eigenvalue weighted by atomic mass is 9.93. The second kappa shape index (κ2) is 4.58. The number of hydrogen-bond acceptors (Lipinski definition) is 2. The Bertz CT molecular complexity index is 483. The third-order valence-corrected chi connectivity index (χ3v) is 3.00. The van der Waals surface area contributed by atoms with Crippen LogP contribution in [-0.4, -0.2) is 13.0 Å². The number of benzene rings is 1. The van der Waals surface area contributed by atoms with Gasteiger partial charge in [-0.05, 0) is 51.0 Å². The zero-order valence-electron chi connectivity index (χ0n) is 11.0. The molecule has 0 unspecified atom stereocenters. The lowest BCUT2D eigenvalue weighted by molar-refractivity contribution is -0.123. The minimum Gasteiger partial charge on any atom is -0.314 e. The Hall–Kier alpha value is -1.82. The summed E-state index contributed by atoms with van der Waals surface area (Å²) in [5.74, 6) is -0.191. The van der Waals surface area contributed by atoms with Crippen LogP contribution in [0.5, 0.6) is 0 Å². The molecule has 0 saturated heterocycles. The quantitative estimate of drug-likeness (QED) is 0.784. The van der Waals surface area contributed by atoms with Crippen LogP contribution in [0.15, 0.2) is 18.2 Å². The first-order chi connectivity index (χ1) is 7.79. The monoisotopic (exact) mass is 230 g/mol. The Morgan fingerprint density at radius 3 is 2.35 bits per heavy atom. The highest BCUT2D eigenvalue weighted by Crippen LogP contribution is 2.23. The maximum atomic E-state index is 12.1. The molecule has 0 aliphatic rings. The summed E-state index contributed by atoms with van der Waals surface area (Å²) in [7, 11) is 1.70. The molecule has 0 N–H and O–H groups in total. The van der Waals surface area contributed by atoms with Gasteiger partial charge in [-0.1, -0.05) is 6.07 Å². The highest BCUT2D eigenvalue weighted by molar-refractivity contribution is 5.98. The highest BCUT2D eigenvalue weighted by atomic mass is 16.2. The molecule has 0 aliphatic heterocycles. The number of amides is 1. The number of rotatable bonds is 2. The molecule has 90 valence electrons. The summed E-state index contributed by atoms with van der Waals surface area (Å²) in [6.07, 6.45) is 0. The fourth-order valence-electron chi connectivity index (χ4n) is 1.52. The lowest BCUT2D eigenvalue weighted by Gasteiger charge is -2.24. The van der Waals surface area contributed by atoms with Crippen LogP contribution in [0.25, 0.3) is 0 Å². The van der Waals surface area contributed by atoms with Gasteiger partial charge in [0.25, 0.3) is 0 Å². The summed E-state index contributed by atoms with van der Waals surface area (Å²) < 4.78 is 0. The van der Waals surface area contributed by atoms with Gasteiger partial charge in [-0.15, -0.1) is 0 Å². The van der Waals surface area contributed by atoms with E-state index in [4.69, 9.17) is 5.26 Å². The Morgan fingerprint density at radius 2 is 1.88 bits per heavy atom. The van der Waals surface area contributed by atoms with Crippen LogP contribution < -0.4 is 4.90 Å². The third-order valence-electron chi connectivity index (χ3n) is 3.00. The average Bonchev–Trinajstić information content (AvgIpc) is 2.30. The highest BCUT2D eigenvalue weighted by Gasteiger charge is 2.30. The molecule has 3 nitrogen and oxygen atoms in total. The van der Waals surface area contributed by atoms with Crippen LogP contribution in [0, 0.1) is 30.6 Å². The zero-order chi connectivity index (χ0) is 13.2. The Morgan fingerprint density at radius 1 is 1.29 bits per heavy atom. The molecular weight excluding hydrogens is 212 g/mol. The molecule has 0 aliphatic carbocycles. The smallest absolute Gasteiger partial charge is 0.246 e. The molecule has 0 radical (unpaired) electrons. The standard InChI is InChI=1S/C14H18N2O/c1-10-6-7-12(8-11(10)2)16(5)13(17)14(3,4)9-15/h6-8H,1-5H3. The van der Waals surface area contributed by atoms with E-state index in [1.165, 1.54) is 10.5 Å². The first-order valence-corrected chi connectivity index (χ1v) is 5.56. The van der Waals surface area contributed by atoms with Crippen molar-refractivity contribution in [1.29, 1.82) is 5.26 Å². The SMILES string of the molecule is Cc1ccc(N(C)C(=O)C(C)(C)C#N)cc1C. The Labute approximate surface area is 103 Å². The molecular formula is C14H18N2O. The first kappa shape index (κ1) is 13.2. The second-order valence-electron chi connectivity index (χ2n) is 4.87. The summed E-state index contributed by atoms with van der Waals surface area (Å²) in [5.41, 5.74) is 2.15. The molecule has 1 rings (SSSR count). The van der Waals surface area contributed by atoms with Gasteiger partial charge in [-0.25, -0.2) is 0 Å². The number of hydrogen-bond donors (Lipinski definition) is 0. The van der Waals surface area contributed by atoms with Gasteiger partial charge in [0.05, 0.1) is 6.07 Å². The van der Waals surface area contributed by atoms with E-state index < -0.39 is 5.41 Å². The molecule has 17 heavy (non-hydrogen) atoms. The molecule has 0 bridgehead atoms. The van der Waals surface area contributed by atoms with Crippen LogP contribution in [-0.2, 0) is 4.79 Å². The van der Waals surface area contributed by atoms with E-state index in [2.05, 4.69) is 0 Å². The number of carbonyl (C=O) groups excluding carboxylic acids is 1. The molecule has 0 saturated carbocycles. The van der Waals surface area contributed by atoms with Crippen LogP contribution in [0.3, 0.4) is 0 Å². The zero-order valence-corrected chi connectivity index (χ0v) is 11.0. The molecule has 0 fully saturated rings. The molecule has 0 heterocycles. The predicted octanol–water partition coefficient (Wildman–Crippen LogP) is 2.82. The number of aryl methyl sites for hydroxylation is 2. The molecule has 0 atom stereocenters. The van der Waals surface area contributed by atoms with Crippen LogP contribution >= 0.6 is 0 Å². The topological polar surface area (TPSA) is 44.1 Å². The minimum absolute atomic E-state index is 0.191. The molecule has 1 aromatic rings. The third kappa shape index (κ3) is 2.65. The van der Waals surface area contributed by atoms with Crippen molar-refractivity contribution in [2.75, 3.05) is 11.9 Å². The number of nitriles is 1. The van der Waals surface area contributed by atoms with Gasteiger partial charge in [-0.2, -0.15) is 5.26 Å². The van der Waals surface area contributed by atoms with Gasteiger partial charge in [0, 0.05) is 12.7 Å². The van der Waals surface area contributed by atoms with E-state index in [0.29, 0.717) is 0 Å². The van der Waals surface area contributed by atoms with Crippen LogP contribution in [0.4, 0.5) is 5.69 Å². The summed E-state index contributed by atoms with van der Waals surface area (Å²) in [6, 6.07) is 7.86. The fraction of sp³-hybridized carbons (Fsp3) is 0.429. The van der Waals surface area contributed by atoms with Crippen molar-refractivity contribution in [2.24, 2.45) is 5.41 Å². The molecule has 1 aromatic carbocycles. The number of nitrogens with zero attached hydrogens (tertiary/aromatic N) is 2. The largest absolute Gasteiger partial charge is 0.314 e. The van der Waals surface area contributed by atoms with Crippen LogP contribution in [0.2, 0.25) is 0 Å². The Kier molecular flexibility index (Phi) is 3.57. The predicted molar refractivity (Wildman–Crippen MR) is 68.7 cm³/mol. The maximum absolute atomic E-state index is 12.1. The summed E-state index contributed by atoms with van der Waals surface area (Å²) in [6.45, 7) is 7.30. The van der Waals surface area contributed by atoms with E-state index in [-0.39, 0.29) is 5.91 Å². The van der Waals surface area contributed by atoms with Crippen molar-refractivity contribution in [1.82, 2.24) is 0 Å². The average molecular weight is 230 g/mol. The van der Waals surface area contributed by atoms with Crippen molar-refractivity contribution >= 4 is 11.6 Å². The van der Waals surface area contributed by atoms with E-state index in [1.54, 1.807) is 20.9 Å². The van der Waals surface area contributed by atoms with Gasteiger partial charge in [-0.3, -0.25) is 4.79 Å². The minimum atomic E-state index is -0.993. The summed E-state index contributed by atoms with van der Waals surface area (Å²) in [5, 5.41) is 8.96. The van der Waals surface area contributed by atoms with E-state index in [9.17, 15) is 4.79 Å². The van der Waals surface area contributed by atoms with Gasteiger partial charge >= 0.3 is 0 Å². The normalized spacial score (nSPS) is 10.8. The Balaban J connectivity index is 3.06. The number of anilines is 1. The van der Waals surface area contributed by atoms with Crippen molar-refractivity contribution in [3.8, 4) is 6.07 Å².